The van der Waals surface area contributed by atoms with Crippen LogP contribution < -0.4 is 20.0 Å². The first-order valence-electron chi connectivity index (χ1n) is 18.4. The van der Waals surface area contributed by atoms with Crippen molar-refractivity contribution < 1.29 is 50.8 Å². The van der Waals surface area contributed by atoms with Crippen LogP contribution in [-0.2, 0) is 23.7 Å². The highest BCUT2D eigenvalue weighted by Gasteiger charge is 2.21. The van der Waals surface area contributed by atoms with Gasteiger partial charge in [-0.3, -0.25) is 4.79 Å². The second-order valence-corrected chi connectivity index (χ2v) is 13.2. The van der Waals surface area contributed by atoms with Crippen LogP contribution in [0.3, 0.4) is 0 Å². The zero-order valence-electron chi connectivity index (χ0n) is 32.6. The third-order valence-electron chi connectivity index (χ3n) is 8.09. The van der Waals surface area contributed by atoms with Crippen molar-refractivity contribution in [2.45, 2.75) is 7.43 Å². The predicted molar refractivity (Wildman–Crippen MR) is 219 cm³/mol. The number of carbonyl (C=O) groups excluding carboxylic acids is 2. The van der Waals surface area contributed by atoms with Gasteiger partial charge in [0.25, 0.3) is 0 Å². The number of nitrogens with zero attached hydrogens (tertiary/aromatic N) is 11. The normalized spacial score (nSPS) is 15.9. The van der Waals surface area contributed by atoms with Crippen LogP contribution in [0.25, 0.3) is 0 Å². The average Bonchev–Trinajstić information content (AvgIpc) is 3.31. The zero-order chi connectivity index (χ0) is 44.0. The lowest BCUT2D eigenvalue weighted by molar-refractivity contribution is 0.0586. The molecule has 8 heterocycles. The summed E-state index contributed by atoms with van der Waals surface area (Å²) in [5.74, 6) is -2.46. The molecule has 4 fully saturated rings. The van der Waals surface area contributed by atoms with E-state index >= 15 is 0 Å². The van der Waals surface area contributed by atoms with E-state index in [9.17, 15) is 27.2 Å². The molecule has 0 aromatic carbocycles. The summed E-state index contributed by atoms with van der Waals surface area (Å²) in [4.78, 5) is 55.9. The number of aldehydes is 1. The van der Waals surface area contributed by atoms with Gasteiger partial charge in [-0.15, -0.1) is 0 Å². The quantitative estimate of drug-likeness (QED) is 0.0994. The second-order valence-electron chi connectivity index (χ2n) is 12.1. The first-order valence-corrected chi connectivity index (χ1v) is 19.5. The summed E-state index contributed by atoms with van der Waals surface area (Å²) in [6, 6.07) is 0. The number of ether oxygens (including phenoxy) is 5. The Labute approximate surface area is 369 Å². The van der Waals surface area contributed by atoms with Gasteiger partial charge in [-0.25, -0.2) is 57.2 Å². The van der Waals surface area contributed by atoms with Gasteiger partial charge in [0.2, 0.25) is 16.4 Å². The average molecular weight is 940 g/mol. The Balaban J connectivity index is 0.000000213. The van der Waals surface area contributed by atoms with Gasteiger partial charge in [-0.2, -0.15) is 4.98 Å². The molecule has 0 atom stereocenters. The molecule has 4 saturated heterocycles. The Morgan fingerprint density at radius 2 is 1.02 bits per heavy atom. The summed E-state index contributed by atoms with van der Waals surface area (Å²) >= 11 is 16.0. The molecular weight excluding hydrogens is 895 g/mol. The Kier molecular flexibility index (Phi) is 23.3. The summed E-state index contributed by atoms with van der Waals surface area (Å²) in [5, 5.41) is 2.91. The molecule has 19 nitrogen and oxygen atoms in total. The molecule has 0 bridgehead atoms. The third kappa shape index (κ3) is 17.2. The van der Waals surface area contributed by atoms with Crippen molar-refractivity contribution in [1.29, 1.82) is 0 Å². The smallest absolute Gasteiger partial charge is 0.376 e. The van der Waals surface area contributed by atoms with E-state index in [4.69, 9.17) is 53.8 Å². The summed E-state index contributed by atoms with van der Waals surface area (Å²) in [5.41, 5.74) is 0. The fourth-order valence-electron chi connectivity index (χ4n) is 5.15. The number of methoxy groups -OCH3 is 1. The molecule has 4 aromatic rings. The molecule has 1 N–H and O–H groups in total. The molecule has 0 unspecified atom stereocenters. The first kappa shape index (κ1) is 51.6. The van der Waals surface area contributed by atoms with Crippen molar-refractivity contribution in [3.05, 3.63) is 75.4 Å². The molecule has 62 heavy (non-hydrogen) atoms. The highest BCUT2D eigenvalue weighted by atomic mass is 35.5. The van der Waals surface area contributed by atoms with Gasteiger partial charge in [-0.1, -0.05) is 19.0 Å². The van der Waals surface area contributed by atoms with E-state index in [0.29, 0.717) is 85.2 Å². The molecule has 0 radical (unpaired) electrons. The van der Waals surface area contributed by atoms with Crippen LogP contribution in [0, 0.1) is 23.3 Å². The number of nitrogens with one attached hydrogen (secondary N) is 1. The van der Waals surface area contributed by atoms with Gasteiger partial charge in [0.05, 0.1) is 84.8 Å². The van der Waals surface area contributed by atoms with Gasteiger partial charge in [0.15, 0.2) is 58.0 Å². The van der Waals surface area contributed by atoms with E-state index in [0.717, 1.165) is 51.1 Å². The minimum absolute atomic E-state index is 0. The molecule has 4 aliphatic rings. The third-order valence-corrected chi connectivity index (χ3v) is 8.72. The predicted octanol–water partition coefficient (Wildman–Crippen LogP) is 3.77. The van der Waals surface area contributed by atoms with E-state index in [-0.39, 0.29) is 52.2 Å². The minimum atomic E-state index is -0.681. The highest BCUT2D eigenvalue weighted by Crippen LogP contribution is 2.20. The standard InChI is InChI=1S/C10H12FN3O3.C9H10FN3O2.C8H9ClFN3O.C4HCl2FN2.C4H9NO.CH4/c1-16-10(15)8-12-6-7(11)9(13-8)14-2-4-17-5-3-14;10-7-5-11-8(6-14)12-9(7)13-1-3-15-4-2-13;9-8-11-5-6(10)7(12-8)13-1-3-14-4-2-13;5-3-2(7)1-8-4(6)9-3;1-3-6-4-2-5-1;/h6H,2-5H2,1H3;5-6H,1-4H2;5H,1-4H2;1H;5H,1-4H2;1H4. The molecule has 0 aliphatic carbocycles. The molecule has 340 valence electrons. The Morgan fingerprint density at radius 3 is 1.42 bits per heavy atom. The van der Waals surface area contributed by atoms with Crippen LogP contribution in [0.4, 0.5) is 35.0 Å². The Morgan fingerprint density at radius 1 is 0.613 bits per heavy atom. The number of aromatic nitrogens is 8. The number of hydrogen-bond acceptors (Lipinski definition) is 19. The van der Waals surface area contributed by atoms with Crippen molar-refractivity contribution in [1.82, 2.24) is 45.2 Å². The molecule has 8 rings (SSSR count). The topological polar surface area (TPSA) is 205 Å². The minimum Gasteiger partial charge on any atom is -0.463 e. The van der Waals surface area contributed by atoms with Crippen molar-refractivity contribution in [3.8, 4) is 0 Å². The largest absolute Gasteiger partial charge is 0.463 e. The second kappa shape index (κ2) is 28.0. The molecule has 0 amide bonds. The van der Waals surface area contributed by atoms with Gasteiger partial charge in [0.1, 0.15) is 0 Å². The monoisotopic (exact) mass is 938 g/mol. The fraction of sp³-hybridized carbons (Fsp3) is 0.500. The maximum Gasteiger partial charge on any atom is 0.376 e. The Bertz CT molecular complexity index is 1980. The van der Waals surface area contributed by atoms with Crippen LogP contribution in [0.5, 0.6) is 0 Å². The van der Waals surface area contributed by atoms with Crippen LogP contribution in [-0.4, -0.2) is 164 Å². The molecule has 4 aliphatic heterocycles. The number of morpholine rings is 4. The summed E-state index contributed by atoms with van der Waals surface area (Å²) in [6.45, 7) is 10.6. The van der Waals surface area contributed by atoms with E-state index < -0.39 is 29.2 Å². The van der Waals surface area contributed by atoms with E-state index in [1.807, 2.05) is 0 Å². The van der Waals surface area contributed by atoms with Crippen molar-refractivity contribution in [2.24, 2.45) is 0 Å². The van der Waals surface area contributed by atoms with E-state index in [1.54, 1.807) is 14.7 Å². The van der Waals surface area contributed by atoms with Crippen LogP contribution >= 0.6 is 34.8 Å². The van der Waals surface area contributed by atoms with Gasteiger partial charge in [0, 0.05) is 52.4 Å². The Hall–Kier alpha value is -4.75. The van der Waals surface area contributed by atoms with Crippen LogP contribution in [0.2, 0.25) is 15.7 Å². The van der Waals surface area contributed by atoms with Gasteiger partial charge < -0.3 is 43.7 Å². The van der Waals surface area contributed by atoms with Crippen LogP contribution in [0.15, 0.2) is 24.8 Å². The van der Waals surface area contributed by atoms with Crippen LogP contribution in [0.1, 0.15) is 28.7 Å². The number of halogens is 7. The molecular formula is C36H45Cl3F4N12O7. The lowest BCUT2D eigenvalue weighted by Crippen LogP contribution is -2.37. The first-order chi connectivity index (χ1) is 29.5. The van der Waals surface area contributed by atoms with Crippen molar-refractivity contribution >= 4 is 64.5 Å². The zero-order valence-corrected chi connectivity index (χ0v) is 34.9. The number of esters is 1. The van der Waals surface area contributed by atoms with Crippen molar-refractivity contribution in [3.63, 3.8) is 0 Å². The number of anilines is 3. The van der Waals surface area contributed by atoms with Gasteiger partial charge >= 0.3 is 5.97 Å². The van der Waals surface area contributed by atoms with Crippen molar-refractivity contribution in [2.75, 3.05) is 127 Å². The number of hydrogen-bond donors (Lipinski definition) is 1. The molecule has 26 heteroatoms. The maximum atomic E-state index is 13.6. The summed E-state index contributed by atoms with van der Waals surface area (Å²) < 4.78 is 77.3. The summed E-state index contributed by atoms with van der Waals surface area (Å²) in [6.07, 6.45) is 4.49. The lowest BCUT2D eigenvalue weighted by Gasteiger charge is -2.27. The SMILES string of the molecule is C.C1COCCN1.COC(=O)c1ncc(F)c(N2CCOCC2)n1.Fc1cnc(Cl)nc1Cl.Fc1cnc(Cl)nc1N1CCOCC1.O=Cc1ncc(F)c(N2CCOCC2)n1. The number of carbonyl (C=O) groups is 2. The molecule has 0 spiro atoms. The van der Waals surface area contributed by atoms with E-state index in [1.165, 1.54) is 7.11 Å². The fourth-order valence-corrected chi connectivity index (χ4v) is 5.58. The maximum absolute atomic E-state index is 13.6. The molecule has 0 saturated carbocycles. The van der Waals surface area contributed by atoms with E-state index in [2.05, 4.69) is 49.9 Å². The summed E-state index contributed by atoms with van der Waals surface area (Å²) in [7, 11) is 1.23. The molecule has 4 aromatic heterocycles. The lowest BCUT2D eigenvalue weighted by atomic mass is 10.4. The number of rotatable bonds is 5. The van der Waals surface area contributed by atoms with Gasteiger partial charge in [-0.05, 0) is 23.2 Å². The highest BCUT2D eigenvalue weighted by molar-refractivity contribution is 6.31.